The van der Waals surface area contributed by atoms with E-state index in [9.17, 15) is 13.2 Å². The van der Waals surface area contributed by atoms with Crippen LogP contribution in [0.5, 0.6) is 5.75 Å². The Morgan fingerprint density at radius 3 is 2.44 bits per heavy atom. The lowest BCUT2D eigenvalue weighted by Crippen LogP contribution is -2.47. The zero-order valence-electron chi connectivity index (χ0n) is 15.9. The van der Waals surface area contributed by atoms with Crippen LogP contribution in [0, 0.1) is 13.8 Å². The van der Waals surface area contributed by atoms with Crippen molar-refractivity contribution in [2.75, 3.05) is 12.4 Å². The SMILES string of the molecule is COc1cccc(NC(=O)C2(S(=O)(=O)c3cc(C)ccc3C)CCCC2)c1. The molecule has 0 aliphatic heterocycles. The fourth-order valence-corrected chi connectivity index (χ4v) is 6.09. The van der Waals surface area contributed by atoms with Crippen LogP contribution in [0.1, 0.15) is 36.8 Å². The molecule has 3 rings (SSSR count). The highest BCUT2D eigenvalue weighted by molar-refractivity contribution is 7.93. The van der Waals surface area contributed by atoms with E-state index >= 15 is 0 Å². The van der Waals surface area contributed by atoms with Gasteiger partial charge in [-0.05, 0) is 56.0 Å². The summed E-state index contributed by atoms with van der Waals surface area (Å²) < 4.78 is 30.9. The summed E-state index contributed by atoms with van der Waals surface area (Å²) in [7, 11) is -2.29. The van der Waals surface area contributed by atoms with Crippen molar-refractivity contribution < 1.29 is 17.9 Å². The number of methoxy groups -OCH3 is 1. The van der Waals surface area contributed by atoms with E-state index < -0.39 is 20.5 Å². The molecule has 0 bridgehead atoms. The third-order valence-electron chi connectivity index (χ3n) is 5.30. The Kier molecular flexibility index (Phi) is 5.29. The van der Waals surface area contributed by atoms with Crippen LogP contribution in [0.15, 0.2) is 47.4 Å². The van der Waals surface area contributed by atoms with Crippen LogP contribution in [-0.4, -0.2) is 26.2 Å². The first-order valence-electron chi connectivity index (χ1n) is 9.07. The molecular formula is C21H25NO4S. The summed E-state index contributed by atoms with van der Waals surface area (Å²) in [5.74, 6) is 0.139. The molecule has 0 aromatic heterocycles. The first kappa shape index (κ1) is 19.4. The highest BCUT2D eigenvalue weighted by Gasteiger charge is 2.53. The van der Waals surface area contributed by atoms with Gasteiger partial charge < -0.3 is 10.1 Å². The number of hydrogen-bond donors (Lipinski definition) is 1. The molecule has 0 unspecified atom stereocenters. The van der Waals surface area contributed by atoms with E-state index in [0.717, 1.165) is 18.4 Å². The summed E-state index contributed by atoms with van der Waals surface area (Å²) in [4.78, 5) is 13.5. The van der Waals surface area contributed by atoms with E-state index in [4.69, 9.17) is 4.74 Å². The van der Waals surface area contributed by atoms with Crippen LogP contribution < -0.4 is 10.1 Å². The van der Waals surface area contributed by atoms with Gasteiger partial charge in [0.2, 0.25) is 5.91 Å². The molecule has 2 aromatic rings. The van der Waals surface area contributed by atoms with Crippen molar-refractivity contribution in [2.24, 2.45) is 0 Å². The summed E-state index contributed by atoms with van der Waals surface area (Å²) in [6, 6.07) is 12.3. The molecule has 0 atom stereocenters. The van der Waals surface area contributed by atoms with Gasteiger partial charge in [0.1, 0.15) is 5.75 Å². The van der Waals surface area contributed by atoms with Gasteiger partial charge in [-0.15, -0.1) is 0 Å². The maximum absolute atomic E-state index is 13.6. The second-order valence-electron chi connectivity index (χ2n) is 7.16. The Bertz CT molecular complexity index is 960. The maximum Gasteiger partial charge on any atom is 0.246 e. The molecule has 6 heteroatoms. The number of carbonyl (C=O) groups is 1. The molecule has 1 amide bonds. The van der Waals surface area contributed by atoms with E-state index in [0.29, 0.717) is 29.8 Å². The third kappa shape index (κ3) is 3.46. The normalized spacial score (nSPS) is 16.1. The van der Waals surface area contributed by atoms with Gasteiger partial charge in [0, 0.05) is 11.8 Å². The van der Waals surface area contributed by atoms with Crippen LogP contribution in [0.4, 0.5) is 5.69 Å². The molecule has 0 saturated heterocycles. The van der Waals surface area contributed by atoms with E-state index in [1.165, 1.54) is 0 Å². The third-order valence-corrected chi connectivity index (χ3v) is 7.94. The van der Waals surface area contributed by atoms with Gasteiger partial charge in [-0.25, -0.2) is 8.42 Å². The summed E-state index contributed by atoms with van der Waals surface area (Å²) in [6.45, 7) is 3.63. The van der Waals surface area contributed by atoms with Crippen LogP contribution in [-0.2, 0) is 14.6 Å². The van der Waals surface area contributed by atoms with E-state index in [2.05, 4.69) is 5.32 Å². The Morgan fingerprint density at radius 2 is 1.78 bits per heavy atom. The van der Waals surface area contributed by atoms with Crippen molar-refractivity contribution >= 4 is 21.4 Å². The van der Waals surface area contributed by atoms with E-state index in [-0.39, 0.29) is 4.90 Å². The zero-order chi connectivity index (χ0) is 19.7. The number of anilines is 1. The van der Waals surface area contributed by atoms with Crippen molar-refractivity contribution in [3.8, 4) is 5.75 Å². The largest absolute Gasteiger partial charge is 0.497 e. The second-order valence-corrected chi connectivity index (χ2v) is 9.39. The molecule has 1 N–H and O–H groups in total. The molecule has 27 heavy (non-hydrogen) atoms. The monoisotopic (exact) mass is 387 g/mol. The number of carbonyl (C=O) groups excluding carboxylic acids is 1. The predicted octanol–water partition coefficient (Wildman–Crippen LogP) is 4.04. The zero-order valence-corrected chi connectivity index (χ0v) is 16.7. The lowest BCUT2D eigenvalue weighted by atomic mass is 10.1. The quantitative estimate of drug-likeness (QED) is 0.840. The number of hydrogen-bond acceptors (Lipinski definition) is 4. The lowest BCUT2D eigenvalue weighted by Gasteiger charge is -2.28. The Balaban J connectivity index is 2.02. The Hall–Kier alpha value is -2.34. The highest BCUT2D eigenvalue weighted by Crippen LogP contribution is 2.42. The van der Waals surface area contributed by atoms with Gasteiger partial charge in [0.05, 0.1) is 12.0 Å². The summed E-state index contributed by atoms with van der Waals surface area (Å²) >= 11 is 0. The minimum absolute atomic E-state index is 0.255. The van der Waals surface area contributed by atoms with Gasteiger partial charge in [-0.1, -0.05) is 31.0 Å². The van der Waals surface area contributed by atoms with Gasteiger partial charge in [0.25, 0.3) is 0 Å². The van der Waals surface area contributed by atoms with Crippen LogP contribution in [0.3, 0.4) is 0 Å². The van der Waals surface area contributed by atoms with Crippen molar-refractivity contribution in [2.45, 2.75) is 49.2 Å². The molecule has 1 saturated carbocycles. The van der Waals surface area contributed by atoms with Gasteiger partial charge in [-0.3, -0.25) is 4.79 Å². The molecule has 1 aliphatic carbocycles. The first-order chi connectivity index (χ1) is 12.8. The molecule has 1 aliphatic rings. The van der Waals surface area contributed by atoms with Crippen molar-refractivity contribution in [1.29, 1.82) is 0 Å². The van der Waals surface area contributed by atoms with Gasteiger partial charge >= 0.3 is 0 Å². The summed E-state index contributed by atoms with van der Waals surface area (Å²) in [6.07, 6.45) is 2.10. The van der Waals surface area contributed by atoms with E-state index in [1.54, 1.807) is 50.4 Å². The standard InChI is InChI=1S/C21H25NO4S/c1-15-9-10-16(2)19(13-15)27(24,25)21(11-4-5-12-21)20(23)22-17-7-6-8-18(14-17)26-3/h6-10,13-14H,4-5,11-12H2,1-3H3,(H,22,23). The van der Waals surface area contributed by atoms with E-state index in [1.807, 2.05) is 13.0 Å². The average Bonchev–Trinajstić information content (AvgIpc) is 3.15. The van der Waals surface area contributed by atoms with Crippen molar-refractivity contribution in [3.05, 3.63) is 53.6 Å². The molecule has 144 valence electrons. The van der Waals surface area contributed by atoms with Gasteiger partial charge in [0.15, 0.2) is 14.6 Å². The minimum Gasteiger partial charge on any atom is -0.497 e. The van der Waals surface area contributed by atoms with Crippen molar-refractivity contribution in [3.63, 3.8) is 0 Å². The average molecular weight is 388 g/mol. The van der Waals surface area contributed by atoms with Crippen molar-refractivity contribution in [1.82, 2.24) is 0 Å². The summed E-state index contributed by atoms with van der Waals surface area (Å²) in [5, 5.41) is 2.81. The molecule has 5 nitrogen and oxygen atoms in total. The number of ether oxygens (including phenoxy) is 1. The maximum atomic E-state index is 13.6. The smallest absolute Gasteiger partial charge is 0.246 e. The molecule has 0 spiro atoms. The number of sulfone groups is 1. The summed E-state index contributed by atoms with van der Waals surface area (Å²) in [5.41, 5.74) is 2.06. The topological polar surface area (TPSA) is 72.5 Å². The number of benzene rings is 2. The molecular weight excluding hydrogens is 362 g/mol. The molecule has 1 fully saturated rings. The van der Waals surface area contributed by atoms with Crippen LogP contribution in [0.25, 0.3) is 0 Å². The predicted molar refractivity (Wildman–Crippen MR) is 106 cm³/mol. The fourth-order valence-electron chi connectivity index (χ4n) is 3.72. The Labute approximate surface area is 160 Å². The first-order valence-corrected chi connectivity index (χ1v) is 10.6. The molecule has 0 heterocycles. The molecule has 2 aromatic carbocycles. The Morgan fingerprint density at radius 1 is 1.07 bits per heavy atom. The highest BCUT2D eigenvalue weighted by atomic mass is 32.2. The lowest BCUT2D eigenvalue weighted by molar-refractivity contribution is -0.118. The van der Waals surface area contributed by atoms with Crippen LogP contribution in [0.2, 0.25) is 0 Å². The minimum atomic E-state index is -3.83. The number of nitrogens with one attached hydrogen (secondary N) is 1. The second kappa shape index (κ2) is 7.35. The number of amides is 1. The fraction of sp³-hybridized carbons (Fsp3) is 0.381. The van der Waals surface area contributed by atoms with Gasteiger partial charge in [-0.2, -0.15) is 0 Å². The number of aryl methyl sites for hydroxylation is 2. The van der Waals surface area contributed by atoms with Crippen LogP contribution >= 0.6 is 0 Å². The molecule has 0 radical (unpaired) electrons. The number of rotatable bonds is 5.